The molecule has 1 aromatic heterocycles. The van der Waals surface area contributed by atoms with Gasteiger partial charge in [0.2, 0.25) is 0 Å². The highest BCUT2D eigenvalue weighted by atomic mass is 16.4. The number of aryl methyl sites for hydroxylation is 1. The Kier molecular flexibility index (Phi) is 2.01. The van der Waals surface area contributed by atoms with Crippen molar-refractivity contribution >= 4 is 16.8 Å². The van der Waals surface area contributed by atoms with Crippen LogP contribution in [0.5, 0.6) is 0 Å². The van der Waals surface area contributed by atoms with Crippen molar-refractivity contribution in [1.82, 2.24) is 4.57 Å². The van der Waals surface area contributed by atoms with E-state index in [9.17, 15) is 4.79 Å². The Balaban J connectivity index is 2.61. The number of hydrogen-bond donors (Lipinski definition) is 2. The second-order valence-corrected chi connectivity index (χ2v) is 2.99. The van der Waals surface area contributed by atoms with Gasteiger partial charge in [0, 0.05) is 18.8 Å². The molecule has 2 aromatic rings. The zero-order valence-corrected chi connectivity index (χ0v) is 7.78. The number of nitrogens with one attached hydrogen (secondary N) is 1. The van der Waals surface area contributed by atoms with E-state index in [2.05, 4.69) is 5.32 Å². The molecule has 5 heteroatoms. The van der Waals surface area contributed by atoms with Crippen molar-refractivity contribution in [3.8, 4) is 0 Å². The van der Waals surface area contributed by atoms with Crippen molar-refractivity contribution in [2.75, 3.05) is 12.0 Å². The molecule has 0 saturated carbocycles. The molecule has 0 atom stereocenters. The minimum Gasteiger partial charge on any atom is -0.408 e. The number of hydrogen-bond acceptors (Lipinski definition) is 4. The summed E-state index contributed by atoms with van der Waals surface area (Å²) in [5.74, 6) is -0.357. The minimum absolute atomic E-state index is 0.350. The zero-order valence-electron chi connectivity index (χ0n) is 7.78. The Labute approximate surface area is 80.1 Å². The van der Waals surface area contributed by atoms with Crippen LogP contribution in [0.4, 0.5) is 5.69 Å². The monoisotopic (exact) mass is 193 g/mol. The third kappa shape index (κ3) is 1.27. The third-order valence-electron chi connectivity index (χ3n) is 2.10. The number of rotatable bonds is 2. The third-order valence-corrected chi connectivity index (χ3v) is 2.10. The van der Waals surface area contributed by atoms with Crippen LogP contribution in [0.15, 0.2) is 27.4 Å². The van der Waals surface area contributed by atoms with Crippen LogP contribution in [0.1, 0.15) is 0 Å². The summed E-state index contributed by atoms with van der Waals surface area (Å²) in [6.07, 6.45) is 0. The van der Waals surface area contributed by atoms with Gasteiger partial charge < -0.3 is 15.5 Å². The van der Waals surface area contributed by atoms with Crippen molar-refractivity contribution in [2.24, 2.45) is 12.8 Å². The number of anilines is 1. The topological polar surface area (TPSA) is 73.2 Å². The van der Waals surface area contributed by atoms with Gasteiger partial charge in [0.05, 0.1) is 12.2 Å². The van der Waals surface area contributed by atoms with Gasteiger partial charge in [-0.2, -0.15) is 0 Å². The Hall–Kier alpha value is -1.75. The van der Waals surface area contributed by atoms with Gasteiger partial charge in [0.1, 0.15) is 0 Å². The first-order valence-electron chi connectivity index (χ1n) is 4.26. The number of aromatic nitrogens is 1. The van der Waals surface area contributed by atoms with Crippen molar-refractivity contribution in [3.05, 3.63) is 28.7 Å². The van der Waals surface area contributed by atoms with Crippen LogP contribution < -0.4 is 16.8 Å². The zero-order chi connectivity index (χ0) is 10.1. The Bertz CT molecular complexity index is 512. The summed E-state index contributed by atoms with van der Waals surface area (Å²) >= 11 is 0. The van der Waals surface area contributed by atoms with Gasteiger partial charge in [-0.05, 0) is 12.1 Å². The molecule has 0 saturated heterocycles. The van der Waals surface area contributed by atoms with E-state index < -0.39 is 0 Å². The number of nitrogens with zero attached hydrogens (tertiary/aromatic N) is 1. The normalized spacial score (nSPS) is 10.7. The summed E-state index contributed by atoms with van der Waals surface area (Å²) < 4.78 is 6.47. The molecule has 14 heavy (non-hydrogen) atoms. The van der Waals surface area contributed by atoms with Gasteiger partial charge in [-0.25, -0.2) is 4.79 Å². The van der Waals surface area contributed by atoms with Gasteiger partial charge in [-0.1, -0.05) is 0 Å². The van der Waals surface area contributed by atoms with Crippen LogP contribution in [0.3, 0.4) is 0 Å². The van der Waals surface area contributed by atoms with Crippen LogP contribution in [0.2, 0.25) is 0 Å². The van der Waals surface area contributed by atoms with Crippen LogP contribution in [0.25, 0.3) is 11.1 Å². The fraction of sp³-hybridized carbons (Fsp3) is 0.222. The molecule has 1 heterocycles. The highest BCUT2D eigenvalue weighted by Gasteiger charge is 2.05. The first-order valence-corrected chi connectivity index (χ1v) is 4.26. The fourth-order valence-electron chi connectivity index (χ4n) is 1.36. The molecule has 0 aliphatic rings. The van der Waals surface area contributed by atoms with Gasteiger partial charge in [0.15, 0.2) is 5.58 Å². The minimum atomic E-state index is -0.357. The van der Waals surface area contributed by atoms with E-state index >= 15 is 0 Å². The maximum absolute atomic E-state index is 11.2. The second-order valence-electron chi connectivity index (χ2n) is 2.99. The molecule has 0 bridgehead atoms. The van der Waals surface area contributed by atoms with Crippen LogP contribution in [-0.2, 0) is 7.05 Å². The summed E-state index contributed by atoms with van der Waals surface area (Å²) in [5.41, 5.74) is 7.51. The largest absolute Gasteiger partial charge is 0.419 e. The number of fused-ring (bicyclic) bond motifs is 1. The van der Waals surface area contributed by atoms with Gasteiger partial charge in [0.25, 0.3) is 0 Å². The quantitative estimate of drug-likeness (QED) is 0.679. The summed E-state index contributed by atoms with van der Waals surface area (Å²) in [4.78, 5) is 11.2. The molecule has 3 N–H and O–H groups in total. The summed E-state index contributed by atoms with van der Waals surface area (Å²) in [6, 6.07) is 5.42. The molecule has 2 rings (SSSR count). The molecule has 0 radical (unpaired) electrons. The average Bonchev–Trinajstić information content (AvgIpc) is 2.43. The van der Waals surface area contributed by atoms with Crippen molar-refractivity contribution in [3.63, 3.8) is 0 Å². The standard InChI is InChI=1S/C9H11N3O2/c1-12-7-3-2-6(11-5-10)4-8(7)14-9(12)13/h2-4,11H,5,10H2,1H3. The summed E-state index contributed by atoms with van der Waals surface area (Å²) in [7, 11) is 1.67. The predicted octanol–water partition coefficient (Wildman–Crippen LogP) is 0.460. The number of oxazole rings is 1. The lowest BCUT2D eigenvalue weighted by Gasteiger charge is -2.01. The van der Waals surface area contributed by atoms with E-state index in [1.807, 2.05) is 12.1 Å². The van der Waals surface area contributed by atoms with Gasteiger partial charge in [-0.15, -0.1) is 0 Å². The smallest absolute Gasteiger partial charge is 0.408 e. The molecule has 0 spiro atoms. The maximum atomic E-state index is 11.2. The highest BCUT2D eigenvalue weighted by molar-refractivity contribution is 5.77. The molecular weight excluding hydrogens is 182 g/mol. The molecule has 0 fully saturated rings. The average molecular weight is 193 g/mol. The highest BCUT2D eigenvalue weighted by Crippen LogP contribution is 2.17. The van der Waals surface area contributed by atoms with E-state index in [0.29, 0.717) is 12.3 Å². The van der Waals surface area contributed by atoms with Crippen molar-refractivity contribution < 1.29 is 4.42 Å². The van der Waals surface area contributed by atoms with Crippen molar-refractivity contribution in [2.45, 2.75) is 0 Å². The Morgan fingerprint density at radius 1 is 1.57 bits per heavy atom. The molecule has 0 amide bonds. The van der Waals surface area contributed by atoms with E-state index in [1.54, 1.807) is 13.1 Å². The Morgan fingerprint density at radius 3 is 3.07 bits per heavy atom. The first-order chi connectivity index (χ1) is 6.72. The van der Waals surface area contributed by atoms with Gasteiger partial charge >= 0.3 is 5.76 Å². The maximum Gasteiger partial charge on any atom is 0.419 e. The molecule has 0 aliphatic carbocycles. The Morgan fingerprint density at radius 2 is 2.36 bits per heavy atom. The lowest BCUT2D eigenvalue weighted by atomic mass is 10.3. The van der Waals surface area contributed by atoms with E-state index in [1.165, 1.54) is 4.57 Å². The molecule has 0 unspecified atom stereocenters. The van der Waals surface area contributed by atoms with E-state index in [0.717, 1.165) is 11.2 Å². The number of benzene rings is 1. The molecule has 74 valence electrons. The summed E-state index contributed by atoms with van der Waals surface area (Å²) in [6.45, 7) is 0.350. The SMILES string of the molecule is Cn1c(=O)oc2cc(NCN)ccc21. The first kappa shape index (κ1) is 8.83. The van der Waals surface area contributed by atoms with Gasteiger partial charge in [-0.3, -0.25) is 4.57 Å². The molecular formula is C9H11N3O2. The predicted molar refractivity (Wildman–Crippen MR) is 54.1 cm³/mol. The van der Waals surface area contributed by atoms with E-state index in [-0.39, 0.29) is 5.76 Å². The number of nitrogens with two attached hydrogens (primary N) is 1. The molecule has 1 aromatic carbocycles. The van der Waals surface area contributed by atoms with E-state index in [4.69, 9.17) is 10.2 Å². The van der Waals surface area contributed by atoms with Crippen LogP contribution in [-0.4, -0.2) is 11.2 Å². The van der Waals surface area contributed by atoms with Crippen molar-refractivity contribution in [1.29, 1.82) is 0 Å². The lowest BCUT2D eigenvalue weighted by Crippen LogP contribution is -2.10. The fourth-order valence-corrected chi connectivity index (χ4v) is 1.36. The molecule has 0 aliphatic heterocycles. The summed E-state index contributed by atoms with van der Waals surface area (Å²) in [5, 5.41) is 2.93. The molecule has 5 nitrogen and oxygen atoms in total. The van der Waals surface area contributed by atoms with Crippen LogP contribution >= 0.6 is 0 Å². The lowest BCUT2D eigenvalue weighted by molar-refractivity contribution is 0.528. The second kappa shape index (κ2) is 3.19. The van der Waals surface area contributed by atoms with Crippen LogP contribution in [0, 0.1) is 0 Å².